The van der Waals surface area contributed by atoms with Crippen molar-refractivity contribution in [2.45, 2.75) is 64.5 Å². The number of carbonyl (C=O) groups is 1. The number of amides is 1. The monoisotopic (exact) mass is 470 g/mol. The Balaban J connectivity index is 1.55. The molecule has 1 N–H and O–H groups in total. The van der Waals surface area contributed by atoms with E-state index < -0.39 is 5.66 Å². The van der Waals surface area contributed by atoms with Gasteiger partial charge in [-0.2, -0.15) is 0 Å². The van der Waals surface area contributed by atoms with E-state index in [1.165, 1.54) is 31.2 Å². The van der Waals surface area contributed by atoms with Crippen molar-refractivity contribution in [2.75, 3.05) is 18.5 Å². The van der Waals surface area contributed by atoms with Crippen LogP contribution in [0.2, 0.25) is 0 Å². The van der Waals surface area contributed by atoms with Gasteiger partial charge in [0, 0.05) is 12.2 Å². The number of carbonyl (C=O) groups excluding carboxylic acids is 1. The first kappa shape index (κ1) is 24.8. The molecule has 1 atom stereocenters. The molecule has 4 heteroatoms. The van der Waals surface area contributed by atoms with Gasteiger partial charge in [0.05, 0.1) is 12.2 Å². The van der Waals surface area contributed by atoms with E-state index in [-0.39, 0.29) is 5.91 Å². The third-order valence-corrected chi connectivity index (χ3v) is 7.03. The molecule has 1 aliphatic heterocycles. The predicted molar refractivity (Wildman–Crippen MR) is 144 cm³/mol. The zero-order valence-electron chi connectivity index (χ0n) is 21.1. The number of fused-ring (bicyclic) bond motifs is 1. The number of unbranched alkanes of at least 4 members (excludes halogenated alkanes) is 4. The predicted octanol–water partition coefficient (Wildman–Crippen LogP) is 7.41. The molecule has 1 heterocycles. The Morgan fingerprint density at radius 3 is 2.29 bits per heavy atom. The van der Waals surface area contributed by atoms with Crippen LogP contribution < -0.4 is 10.1 Å². The van der Waals surface area contributed by atoms with E-state index in [1.807, 2.05) is 47.4 Å². The average molecular weight is 471 g/mol. The minimum absolute atomic E-state index is 0.0736. The highest BCUT2D eigenvalue weighted by Crippen LogP contribution is 2.40. The Hall–Kier alpha value is -3.27. The average Bonchev–Trinajstić information content (AvgIpc) is 2.91. The van der Waals surface area contributed by atoms with Crippen LogP contribution in [0.4, 0.5) is 5.69 Å². The van der Waals surface area contributed by atoms with Gasteiger partial charge in [0.25, 0.3) is 5.91 Å². The zero-order chi connectivity index (χ0) is 24.5. The summed E-state index contributed by atoms with van der Waals surface area (Å²) >= 11 is 0. The van der Waals surface area contributed by atoms with Crippen LogP contribution in [-0.2, 0) is 12.1 Å². The van der Waals surface area contributed by atoms with Crippen LogP contribution in [0.1, 0.15) is 73.9 Å². The molecule has 1 unspecified atom stereocenters. The Kier molecular flexibility index (Phi) is 8.46. The molecule has 0 aliphatic carbocycles. The first-order chi connectivity index (χ1) is 17.2. The fourth-order valence-corrected chi connectivity index (χ4v) is 5.00. The zero-order valence-corrected chi connectivity index (χ0v) is 21.1. The van der Waals surface area contributed by atoms with Crippen molar-refractivity contribution >= 4 is 11.6 Å². The van der Waals surface area contributed by atoms with E-state index in [0.717, 1.165) is 48.4 Å². The molecule has 3 aromatic rings. The lowest BCUT2D eigenvalue weighted by Gasteiger charge is -2.48. The molecule has 0 spiro atoms. The van der Waals surface area contributed by atoms with E-state index in [0.29, 0.717) is 6.54 Å². The Morgan fingerprint density at radius 1 is 0.829 bits per heavy atom. The van der Waals surface area contributed by atoms with Gasteiger partial charge >= 0.3 is 0 Å². The van der Waals surface area contributed by atoms with Gasteiger partial charge in [0.2, 0.25) is 0 Å². The maximum atomic E-state index is 13.8. The Morgan fingerprint density at radius 2 is 1.54 bits per heavy atom. The summed E-state index contributed by atoms with van der Waals surface area (Å²) < 4.78 is 6.00. The highest BCUT2D eigenvalue weighted by molar-refractivity contribution is 6.02. The summed E-state index contributed by atoms with van der Waals surface area (Å²) in [5.41, 5.74) is 3.31. The van der Waals surface area contributed by atoms with E-state index in [2.05, 4.69) is 55.6 Å². The van der Waals surface area contributed by atoms with Crippen LogP contribution >= 0.6 is 0 Å². The van der Waals surface area contributed by atoms with Crippen molar-refractivity contribution in [2.24, 2.45) is 0 Å². The summed E-state index contributed by atoms with van der Waals surface area (Å²) in [6.07, 6.45) is 7.68. The van der Waals surface area contributed by atoms with Gasteiger partial charge in [-0.05, 0) is 54.7 Å². The molecule has 4 nitrogen and oxygen atoms in total. The Bertz CT molecular complexity index is 1080. The molecule has 0 fully saturated rings. The summed E-state index contributed by atoms with van der Waals surface area (Å²) in [5.74, 6) is 0.957. The second-order valence-corrected chi connectivity index (χ2v) is 9.36. The minimum atomic E-state index is -0.612. The van der Waals surface area contributed by atoms with Gasteiger partial charge in [-0.3, -0.25) is 4.79 Å². The molecule has 35 heavy (non-hydrogen) atoms. The van der Waals surface area contributed by atoms with E-state index in [9.17, 15) is 4.79 Å². The number of hydrogen-bond donors (Lipinski definition) is 1. The van der Waals surface area contributed by atoms with Crippen LogP contribution in [0.15, 0.2) is 78.9 Å². The quantitative estimate of drug-likeness (QED) is 0.280. The second kappa shape index (κ2) is 11.9. The largest absolute Gasteiger partial charge is 0.494 e. The lowest BCUT2D eigenvalue weighted by molar-refractivity contribution is 0.0487. The van der Waals surface area contributed by atoms with Gasteiger partial charge in [0.15, 0.2) is 0 Å². The first-order valence-electron chi connectivity index (χ1n) is 13.1. The maximum absolute atomic E-state index is 13.8. The van der Waals surface area contributed by atoms with Crippen molar-refractivity contribution in [3.05, 3.63) is 95.6 Å². The highest BCUT2D eigenvalue weighted by atomic mass is 16.5. The number of nitrogens with one attached hydrogen (secondary N) is 1. The molecule has 0 saturated carbocycles. The lowest BCUT2D eigenvalue weighted by atomic mass is 9.89. The van der Waals surface area contributed by atoms with Gasteiger partial charge in [-0.1, -0.05) is 94.1 Å². The number of hydrogen-bond acceptors (Lipinski definition) is 3. The molecule has 1 aliphatic rings. The molecule has 3 aromatic carbocycles. The summed E-state index contributed by atoms with van der Waals surface area (Å²) in [5, 5.41) is 3.75. The van der Waals surface area contributed by atoms with Crippen LogP contribution in [0.5, 0.6) is 5.75 Å². The van der Waals surface area contributed by atoms with Gasteiger partial charge in [0.1, 0.15) is 11.4 Å². The number of rotatable bonds is 12. The summed E-state index contributed by atoms with van der Waals surface area (Å²) in [4.78, 5) is 15.8. The summed E-state index contributed by atoms with van der Waals surface area (Å²) in [6.45, 7) is 5.75. The number of anilines is 1. The normalized spacial score (nSPS) is 17.1. The van der Waals surface area contributed by atoms with Crippen molar-refractivity contribution in [3.63, 3.8) is 0 Å². The minimum Gasteiger partial charge on any atom is -0.494 e. The third kappa shape index (κ3) is 5.70. The number of benzene rings is 3. The van der Waals surface area contributed by atoms with E-state index >= 15 is 0 Å². The fraction of sp³-hybridized carbons (Fsp3) is 0.387. The molecular formula is C31H38N2O2. The number of nitrogens with zero attached hydrogens (tertiary/aromatic N) is 1. The summed E-state index contributed by atoms with van der Waals surface area (Å²) in [6, 6.07) is 26.5. The summed E-state index contributed by atoms with van der Waals surface area (Å²) in [7, 11) is 0. The number of ether oxygens (including phenoxy) is 1. The standard InChI is InChI=1S/C31H38N2O2/c1-3-5-6-7-13-24-35-27-20-18-26(19-21-27)31(4-2)32-29-17-12-11-16-28(29)30(34)33(31)23-22-25-14-9-8-10-15-25/h8-12,14-21,32H,3-7,13,22-24H2,1-2H3. The molecule has 4 rings (SSSR count). The van der Waals surface area contributed by atoms with E-state index in [1.54, 1.807) is 0 Å². The lowest BCUT2D eigenvalue weighted by Crippen LogP contribution is -2.57. The van der Waals surface area contributed by atoms with Crippen LogP contribution in [0.3, 0.4) is 0 Å². The molecule has 184 valence electrons. The molecule has 0 radical (unpaired) electrons. The SMILES string of the molecule is CCCCCCCOc1ccc(C2(CC)Nc3ccccc3C(=O)N2CCc2ccccc2)cc1. The first-order valence-corrected chi connectivity index (χ1v) is 13.1. The van der Waals surface area contributed by atoms with Crippen molar-refractivity contribution in [1.29, 1.82) is 0 Å². The topological polar surface area (TPSA) is 41.6 Å². The van der Waals surface area contributed by atoms with Crippen LogP contribution in [0.25, 0.3) is 0 Å². The number of para-hydroxylation sites is 1. The van der Waals surface area contributed by atoms with Crippen LogP contribution in [0, 0.1) is 0 Å². The van der Waals surface area contributed by atoms with Crippen molar-refractivity contribution in [1.82, 2.24) is 4.90 Å². The molecular weight excluding hydrogens is 432 g/mol. The van der Waals surface area contributed by atoms with Crippen LogP contribution in [-0.4, -0.2) is 24.0 Å². The fourth-order valence-electron chi connectivity index (χ4n) is 5.00. The van der Waals surface area contributed by atoms with Gasteiger partial charge in [-0.15, -0.1) is 0 Å². The highest BCUT2D eigenvalue weighted by Gasteiger charge is 2.44. The second-order valence-electron chi connectivity index (χ2n) is 9.36. The third-order valence-electron chi connectivity index (χ3n) is 7.03. The van der Waals surface area contributed by atoms with E-state index in [4.69, 9.17) is 4.74 Å². The smallest absolute Gasteiger partial charge is 0.258 e. The Labute approximate surface area is 210 Å². The molecule has 1 amide bonds. The molecule has 0 bridgehead atoms. The molecule has 0 saturated heterocycles. The van der Waals surface area contributed by atoms with Gasteiger partial charge in [-0.25, -0.2) is 0 Å². The van der Waals surface area contributed by atoms with Gasteiger partial charge < -0.3 is 15.0 Å². The van der Waals surface area contributed by atoms with Crippen molar-refractivity contribution < 1.29 is 9.53 Å². The van der Waals surface area contributed by atoms with Crippen molar-refractivity contribution in [3.8, 4) is 5.75 Å². The molecule has 0 aromatic heterocycles. The maximum Gasteiger partial charge on any atom is 0.258 e.